The maximum absolute atomic E-state index is 6.46. The van der Waals surface area contributed by atoms with E-state index in [1.165, 1.54) is 12.8 Å². The number of rotatable bonds is 4. The number of thiazole rings is 1. The van der Waals surface area contributed by atoms with E-state index in [4.69, 9.17) is 10.5 Å². The van der Waals surface area contributed by atoms with E-state index in [0.717, 1.165) is 30.0 Å². The minimum atomic E-state index is -0.160. The van der Waals surface area contributed by atoms with E-state index in [1.807, 2.05) is 14.0 Å². The average Bonchev–Trinajstić information content (AvgIpc) is 2.75. The number of methoxy groups -OCH3 is 1. The zero-order valence-corrected chi connectivity index (χ0v) is 13.3. The number of ether oxygens (including phenoxy) is 1. The molecule has 1 unspecified atom stereocenters. The molecule has 1 saturated carbocycles. The van der Waals surface area contributed by atoms with Crippen molar-refractivity contribution in [3.8, 4) is 0 Å². The van der Waals surface area contributed by atoms with Crippen LogP contribution in [0.4, 0.5) is 0 Å². The van der Waals surface area contributed by atoms with Crippen molar-refractivity contribution >= 4 is 11.3 Å². The van der Waals surface area contributed by atoms with Crippen molar-refractivity contribution in [1.82, 2.24) is 4.98 Å². The number of aromatic nitrogens is 1. The molecule has 1 heterocycles. The molecule has 0 saturated heterocycles. The van der Waals surface area contributed by atoms with Gasteiger partial charge in [0.2, 0.25) is 0 Å². The topological polar surface area (TPSA) is 48.1 Å². The molecule has 1 aliphatic carbocycles. The highest BCUT2D eigenvalue weighted by atomic mass is 32.1. The predicted octanol–water partition coefficient (Wildman–Crippen LogP) is 3.31. The van der Waals surface area contributed by atoms with Crippen LogP contribution in [-0.2, 0) is 11.2 Å². The van der Waals surface area contributed by atoms with Gasteiger partial charge in [-0.25, -0.2) is 4.98 Å². The normalized spacial score (nSPS) is 23.2. The van der Waals surface area contributed by atoms with Gasteiger partial charge in [0.05, 0.1) is 16.3 Å². The van der Waals surface area contributed by atoms with E-state index in [0.29, 0.717) is 5.41 Å². The van der Waals surface area contributed by atoms with E-state index >= 15 is 0 Å². The Morgan fingerprint density at radius 1 is 1.37 bits per heavy atom. The van der Waals surface area contributed by atoms with Crippen molar-refractivity contribution in [2.45, 2.75) is 64.5 Å². The minimum Gasteiger partial charge on any atom is -0.377 e. The van der Waals surface area contributed by atoms with Gasteiger partial charge in [-0.2, -0.15) is 0 Å². The second-order valence-corrected chi connectivity index (χ2v) is 7.66. The van der Waals surface area contributed by atoms with Crippen LogP contribution < -0.4 is 5.73 Å². The summed E-state index contributed by atoms with van der Waals surface area (Å²) < 4.78 is 5.86. The Morgan fingerprint density at radius 3 is 2.47 bits per heavy atom. The molecule has 3 nitrogen and oxygen atoms in total. The third-order valence-electron chi connectivity index (χ3n) is 4.63. The predicted molar refractivity (Wildman–Crippen MR) is 80.5 cm³/mol. The molecule has 2 N–H and O–H groups in total. The summed E-state index contributed by atoms with van der Waals surface area (Å²) in [6, 6.07) is 0.0371. The zero-order valence-electron chi connectivity index (χ0n) is 12.5. The van der Waals surface area contributed by atoms with E-state index in [9.17, 15) is 0 Å². The van der Waals surface area contributed by atoms with Crippen LogP contribution >= 0.6 is 11.3 Å². The monoisotopic (exact) mass is 282 g/mol. The molecule has 108 valence electrons. The van der Waals surface area contributed by atoms with Gasteiger partial charge in [-0.1, -0.05) is 13.8 Å². The van der Waals surface area contributed by atoms with Crippen LogP contribution in [0.1, 0.15) is 50.2 Å². The minimum absolute atomic E-state index is 0.0371. The SMILES string of the molecule is COC1(C(N)Cc2csc(C)n2)CCC(C)(C)CC1. The van der Waals surface area contributed by atoms with Crippen molar-refractivity contribution in [1.29, 1.82) is 0 Å². The number of hydrogen-bond acceptors (Lipinski definition) is 4. The Morgan fingerprint density at radius 2 is 2.00 bits per heavy atom. The molecule has 0 bridgehead atoms. The van der Waals surface area contributed by atoms with Crippen LogP contribution in [0.3, 0.4) is 0 Å². The first-order valence-corrected chi connectivity index (χ1v) is 7.97. The number of nitrogens with zero attached hydrogens (tertiary/aromatic N) is 1. The standard InChI is InChI=1S/C15H26N2OS/c1-11-17-12(10-19-11)9-13(16)15(18-4)7-5-14(2,3)6-8-15/h10,13H,5-9,16H2,1-4H3. The molecule has 1 fully saturated rings. The maximum atomic E-state index is 6.46. The summed E-state index contributed by atoms with van der Waals surface area (Å²) in [4.78, 5) is 4.52. The molecule has 1 aromatic heterocycles. The van der Waals surface area contributed by atoms with Crippen LogP contribution in [-0.4, -0.2) is 23.7 Å². The van der Waals surface area contributed by atoms with Gasteiger partial charge in [0.15, 0.2) is 0 Å². The summed E-state index contributed by atoms with van der Waals surface area (Å²) >= 11 is 1.69. The summed E-state index contributed by atoms with van der Waals surface area (Å²) in [6.45, 7) is 6.71. The van der Waals surface area contributed by atoms with Gasteiger partial charge in [-0.05, 0) is 38.0 Å². The molecule has 0 spiro atoms. The van der Waals surface area contributed by atoms with Gasteiger partial charge in [0.1, 0.15) is 0 Å². The van der Waals surface area contributed by atoms with Crippen molar-refractivity contribution in [3.63, 3.8) is 0 Å². The Labute approximate surface area is 120 Å². The maximum Gasteiger partial charge on any atom is 0.0897 e. The zero-order chi connectivity index (χ0) is 14.1. The van der Waals surface area contributed by atoms with Gasteiger partial charge < -0.3 is 10.5 Å². The molecule has 0 radical (unpaired) electrons. The fourth-order valence-corrected chi connectivity index (χ4v) is 3.62. The molecule has 19 heavy (non-hydrogen) atoms. The number of aryl methyl sites for hydroxylation is 1. The number of hydrogen-bond donors (Lipinski definition) is 1. The second kappa shape index (κ2) is 5.51. The van der Waals surface area contributed by atoms with Gasteiger partial charge in [0.25, 0.3) is 0 Å². The molecule has 2 rings (SSSR count). The lowest BCUT2D eigenvalue weighted by atomic mass is 9.68. The lowest BCUT2D eigenvalue weighted by Crippen LogP contribution is -2.53. The van der Waals surface area contributed by atoms with Crippen LogP contribution in [0.2, 0.25) is 0 Å². The molecular weight excluding hydrogens is 256 g/mol. The first-order valence-electron chi connectivity index (χ1n) is 7.09. The molecule has 1 aliphatic rings. The highest BCUT2D eigenvalue weighted by Gasteiger charge is 2.42. The fraction of sp³-hybridized carbons (Fsp3) is 0.800. The van der Waals surface area contributed by atoms with Gasteiger partial charge in [0, 0.05) is 25.0 Å². The first-order chi connectivity index (χ1) is 8.87. The van der Waals surface area contributed by atoms with Gasteiger partial charge in [-0.15, -0.1) is 11.3 Å². The highest BCUT2D eigenvalue weighted by Crippen LogP contribution is 2.43. The molecule has 1 aromatic rings. The third kappa shape index (κ3) is 3.36. The summed E-state index contributed by atoms with van der Waals surface area (Å²) in [5.41, 5.74) is 7.84. The molecule has 1 atom stereocenters. The van der Waals surface area contributed by atoms with Crippen LogP contribution in [0.15, 0.2) is 5.38 Å². The molecule has 0 aromatic carbocycles. The summed E-state index contributed by atoms with van der Waals surface area (Å²) in [5, 5.41) is 3.23. The average molecular weight is 282 g/mol. The van der Waals surface area contributed by atoms with Gasteiger partial charge in [-0.3, -0.25) is 0 Å². The van der Waals surface area contributed by atoms with E-state index in [-0.39, 0.29) is 11.6 Å². The third-order valence-corrected chi connectivity index (χ3v) is 5.45. The molecule has 4 heteroatoms. The number of nitrogens with two attached hydrogens (primary N) is 1. The van der Waals surface area contributed by atoms with Crippen molar-refractivity contribution in [2.75, 3.05) is 7.11 Å². The fourth-order valence-electron chi connectivity index (χ4n) is 2.99. The smallest absolute Gasteiger partial charge is 0.0897 e. The first kappa shape index (κ1) is 14.9. The Hall–Kier alpha value is -0.450. The second-order valence-electron chi connectivity index (χ2n) is 6.60. The summed E-state index contributed by atoms with van der Waals surface area (Å²) in [6.07, 6.45) is 5.30. The molecular formula is C15H26N2OS. The molecule has 0 aliphatic heterocycles. The van der Waals surface area contributed by atoms with Crippen molar-refractivity contribution < 1.29 is 4.74 Å². The van der Waals surface area contributed by atoms with Crippen LogP contribution in [0.25, 0.3) is 0 Å². The van der Waals surface area contributed by atoms with Crippen LogP contribution in [0, 0.1) is 12.3 Å². The van der Waals surface area contributed by atoms with Gasteiger partial charge >= 0.3 is 0 Å². The van der Waals surface area contributed by atoms with Crippen molar-refractivity contribution in [3.05, 3.63) is 16.1 Å². The summed E-state index contributed by atoms with van der Waals surface area (Å²) in [7, 11) is 1.81. The Balaban J connectivity index is 2.05. The Kier molecular flexibility index (Phi) is 4.33. The largest absolute Gasteiger partial charge is 0.377 e. The Bertz CT molecular complexity index is 418. The van der Waals surface area contributed by atoms with Crippen LogP contribution in [0.5, 0.6) is 0 Å². The highest BCUT2D eigenvalue weighted by molar-refractivity contribution is 7.09. The van der Waals surface area contributed by atoms with Crippen molar-refractivity contribution in [2.24, 2.45) is 11.1 Å². The lowest BCUT2D eigenvalue weighted by Gasteiger charge is -2.45. The van der Waals surface area contributed by atoms with E-state index in [1.54, 1.807) is 11.3 Å². The van der Waals surface area contributed by atoms with E-state index < -0.39 is 0 Å². The van der Waals surface area contributed by atoms with E-state index in [2.05, 4.69) is 24.2 Å². The quantitative estimate of drug-likeness (QED) is 0.921. The lowest BCUT2D eigenvalue weighted by molar-refractivity contribution is -0.0782. The summed E-state index contributed by atoms with van der Waals surface area (Å²) in [5.74, 6) is 0. The molecule has 0 amide bonds.